The van der Waals surface area contributed by atoms with E-state index >= 15 is 0 Å². The Balaban J connectivity index is 1.81. The monoisotopic (exact) mass is 224 g/mol. The van der Waals surface area contributed by atoms with E-state index in [9.17, 15) is 4.39 Å². The highest BCUT2D eigenvalue weighted by Gasteiger charge is 1.97. The minimum absolute atomic E-state index is 0.208. The van der Waals surface area contributed by atoms with Crippen LogP contribution in [0.15, 0.2) is 24.3 Å². The highest BCUT2D eigenvalue weighted by Crippen LogP contribution is 2.06. The predicted octanol–water partition coefficient (Wildman–Crippen LogP) is 1.73. The Morgan fingerprint density at radius 3 is 2.73 bits per heavy atom. The maximum absolute atomic E-state index is 12.6. The molecular weight excluding hydrogens is 215 g/mol. The summed E-state index contributed by atoms with van der Waals surface area (Å²) in [6, 6.07) is 6.47. The molecule has 0 saturated heterocycles. The zero-order chi connectivity index (χ0) is 10.5. The van der Waals surface area contributed by atoms with Gasteiger partial charge in [-0.1, -0.05) is 21.7 Å². The molecular formula is C9H9FN4S. The largest absolute Gasteiger partial charge is 0.359 e. The van der Waals surface area contributed by atoms with E-state index in [0.717, 1.165) is 18.5 Å². The number of hydrogen-bond acceptors (Lipinski definition) is 5. The average molecular weight is 224 g/mol. The van der Waals surface area contributed by atoms with Gasteiger partial charge in [0.05, 0.1) is 0 Å². The van der Waals surface area contributed by atoms with E-state index in [-0.39, 0.29) is 5.82 Å². The number of nitrogens with zero attached hydrogens (tertiary/aromatic N) is 3. The Labute approximate surface area is 90.3 Å². The zero-order valence-electron chi connectivity index (χ0n) is 7.85. The van der Waals surface area contributed by atoms with Crippen molar-refractivity contribution in [2.75, 3.05) is 11.9 Å². The van der Waals surface area contributed by atoms with Crippen LogP contribution in [0.5, 0.6) is 0 Å². The molecule has 1 aromatic heterocycles. The zero-order valence-corrected chi connectivity index (χ0v) is 8.67. The number of rotatable bonds is 4. The molecule has 0 unspecified atom stereocenters. The normalized spacial score (nSPS) is 10.2. The first-order valence-electron chi connectivity index (χ1n) is 4.48. The van der Waals surface area contributed by atoms with Gasteiger partial charge >= 0.3 is 0 Å². The molecule has 6 heteroatoms. The minimum atomic E-state index is -0.208. The minimum Gasteiger partial charge on any atom is -0.359 e. The van der Waals surface area contributed by atoms with Gasteiger partial charge in [0.25, 0.3) is 0 Å². The van der Waals surface area contributed by atoms with Gasteiger partial charge in [-0.05, 0) is 29.3 Å². The van der Waals surface area contributed by atoms with Crippen molar-refractivity contribution in [3.63, 3.8) is 0 Å². The topological polar surface area (TPSA) is 50.7 Å². The average Bonchev–Trinajstić information content (AvgIpc) is 2.74. The lowest BCUT2D eigenvalue weighted by Crippen LogP contribution is -2.04. The highest BCUT2D eigenvalue weighted by atomic mass is 32.1. The van der Waals surface area contributed by atoms with Gasteiger partial charge in [-0.3, -0.25) is 0 Å². The van der Waals surface area contributed by atoms with Crippen LogP contribution in [0.2, 0.25) is 0 Å². The quantitative estimate of drug-likeness (QED) is 0.859. The molecule has 78 valence electrons. The Kier molecular flexibility index (Phi) is 3.18. The number of nitrogens with one attached hydrogen (secondary N) is 1. The van der Waals surface area contributed by atoms with E-state index in [1.54, 1.807) is 12.1 Å². The van der Waals surface area contributed by atoms with E-state index in [4.69, 9.17) is 0 Å². The SMILES string of the molecule is Fc1ccc(CCNc2nnns2)cc1. The summed E-state index contributed by atoms with van der Waals surface area (Å²) < 4.78 is 16.2. The van der Waals surface area contributed by atoms with Crippen LogP contribution in [0.3, 0.4) is 0 Å². The van der Waals surface area contributed by atoms with Crippen molar-refractivity contribution < 1.29 is 4.39 Å². The molecule has 4 nitrogen and oxygen atoms in total. The molecule has 15 heavy (non-hydrogen) atoms. The molecule has 0 atom stereocenters. The standard InChI is InChI=1S/C9H9FN4S/c10-8-3-1-7(2-4-8)5-6-11-9-12-13-14-15-9/h1-4H,5-6H2,(H,11,12,14). The van der Waals surface area contributed by atoms with Crippen LogP contribution in [-0.4, -0.2) is 21.3 Å². The Bertz CT molecular complexity index is 401. The molecule has 1 aromatic carbocycles. The van der Waals surface area contributed by atoms with E-state index in [2.05, 4.69) is 20.1 Å². The van der Waals surface area contributed by atoms with E-state index < -0.39 is 0 Å². The fourth-order valence-corrected chi connectivity index (χ4v) is 1.56. The smallest absolute Gasteiger partial charge is 0.225 e. The van der Waals surface area contributed by atoms with Gasteiger partial charge in [0.2, 0.25) is 5.13 Å². The second-order valence-electron chi connectivity index (χ2n) is 2.97. The molecule has 2 aromatic rings. The molecule has 1 N–H and O–H groups in total. The lowest BCUT2D eigenvalue weighted by atomic mass is 10.1. The van der Waals surface area contributed by atoms with Gasteiger partial charge in [0.15, 0.2) is 0 Å². The molecule has 2 rings (SSSR count). The van der Waals surface area contributed by atoms with Crippen LogP contribution in [-0.2, 0) is 6.42 Å². The molecule has 0 bridgehead atoms. The van der Waals surface area contributed by atoms with Crippen molar-refractivity contribution in [3.8, 4) is 0 Å². The molecule has 0 spiro atoms. The molecule has 0 aliphatic carbocycles. The second-order valence-corrected chi connectivity index (χ2v) is 3.70. The summed E-state index contributed by atoms with van der Waals surface area (Å²) in [5.41, 5.74) is 1.08. The van der Waals surface area contributed by atoms with Gasteiger partial charge in [-0.25, -0.2) is 4.39 Å². The summed E-state index contributed by atoms with van der Waals surface area (Å²) in [5, 5.41) is 11.0. The maximum atomic E-state index is 12.6. The predicted molar refractivity (Wildman–Crippen MR) is 56.3 cm³/mol. The third-order valence-corrected chi connectivity index (χ3v) is 2.46. The molecule has 0 aliphatic rings. The van der Waals surface area contributed by atoms with Gasteiger partial charge in [-0.2, -0.15) is 0 Å². The lowest BCUT2D eigenvalue weighted by molar-refractivity contribution is 0.627. The number of halogens is 1. The first-order valence-corrected chi connectivity index (χ1v) is 5.25. The summed E-state index contributed by atoms with van der Waals surface area (Å²) in [7, 11) is 0. The van der Waals surface area contributed by atoms with E-state index in [1.807, 2.05) is 0 Å². The summed E-state index contributed by atoms with van der Waals surface area (Å²) >= 11 is 1.22. The molecule has 1 heterocycles. The van der Waals surface area contributed by atoms with Crippen LogP contribution < -0.4 is 5.32 Å². The van der Waals surface area contributed by atoms with Crippen molar-refractivity contribution in [1.82, 2.24) is 14.8 Å². The first-order chi connectivity index (χ1) is 7.34. The second kappa shape index (κ2) is 4.79. The number of anilines is 1. The highest BCUT2D eigenvalue weighted by molar-refractivity contribution is 7.09. The van der Waals surface area contributed by atoms with Crippen molar-refractivity contribution in [2.45, 2.75) is 6.42 Å². The van der Waals surface area contributed by atoms with E-state index in [1.165, 1.54) is 23.7 Å². The fourth-order valence-electron chi connectivity index (χ4n) is 1.17. The number of aromatic nitrogens is 3. The molecule has 0 radical (unpaired) electrons. The van der Waals surface area contributed by atoms with Crippen molar-refractivity contribution in [1.29, 1.82) is 0 Å². The molecule has 0 fully saturated rings. The van der Waals surface area contributed by atoms with Gasteiger partial charge < -0.3 is 5.32 Å². The third kappa shape index (κ3) is 2.95. The van der Waals surface area contributed by atoms with Gasteiger partial charge in [-0.15, -0.1) is 0 Å². The summed E-state index contributed by atoms with van der Waals surface area (Å²) in [6.45, 7) is 0.739. The lowest BCUT2D eigenvalue weighted by Gasteiger charge is -2.01. The number of benzene rings is 1. The fraction of sp³-hybridized carbons (Fsp3) is 0.222. The van der Waals surface area contributed by atoms with Crippen LogP contribution in [0.1, 0.15) is 5.56 Å². The molecule has 0 aliphatic heterocycles. The van der Waals surface area contributed by atoms with Gasteiger partial charge in [0.1, 0.15) is 5.82 Å². The van der Waals surface area contributed by atoms with E-state index in [0.29, 0.717) is 5.13 Å². The Hall–Kier alpha value is -1.56. The first kappa shape index (κ1) is 9.97. The summed E-state index contributed by atoms with van der Waals surface area (Å²) in [4.78, 5) is 0. The Morgan fingerprint density at radius 1 is 1.27 bits per heavy atom. The Morgan fingerprint density at radius 2 is 2.07 bits per heavy atom. The summed E-state index contributed by atoms with van der Waals surface area (Å²) in [6.07, 6.45) is 0.819. The van der Waals surface area contributed by atoms with Gasteiger partial charge in [0, 0.05) is 18.1 Å². The number of hydrogen-bond donors (Lipinski definition) is 1. The molecule has 0 amide bonds. The van der Waals surface area contributed by atoms with Crippen molar-refractivity contribution in [2.24, 2.45) is 0 Å². The van der Waals surface area contributed by atoms with Crippen LogP contribution in [0, 0.1) is 5.82 Å². The third-order valence-electron chi connectivity index (χ3n) is 1.90. The maximum Gasteiger partial charge on any atom is 0.225 e. The van der Waals surface area contributed by atoms with Crippen LogP contribution in [0.4, 0.5) is 9.52 Å². The van der Waals surface area contributed by atoms with Crippen molar-refractivity contribution in [3.05, 3.63) is 35.6 Å². The van der Waals surface area contributed by atoms with Crippen LogP contribution in [0.25, 0.3) is 0 Å². The van der Waals surface area contributed by atoms with Crippen LogP contribution >= 0.6 is 11.5 Å². The molecule has 0 saturated carbocycles. The summed E-state index contributed by atoms with van der Waals surface area (Å²) in [5.74, 6) is -0.208. The van der Waals surface area contributed by atoms with Crippen molar-refractivity contribution >= 4 is 16.7 Å².